The summed E-state index contributed by atoms with van der Waals surface area (Å²) in [6.07, 6.45) is 0.108. The summed E-state index contributed by atoms with van der Waals surface area (Å²) in [5.74, 6) is -0.840. The third kappa shape index (κ3) is 2.59. The molecule has 6 heteroatoms. The lowest BCUT2D eigenvalue weighted by atomic mass is 10.2. The van der Waals surface area contributed by atoms with Gasteiger partial charge >= 0.3 is 0 Å². The molecule has 0 aliphatic carbocycles. The highest BCUT2D eigenvalue weighted by Crippen LogP contribution is 2.25. The molecule has 2 amide bonds. The smallest absolute Gasteiger partial charge is 0.252 e. The Bertz CT molecular complexity index is 545. The van der Waals surface area contributed by atoms with Crippen LogP contribution in [-0.2, 0) is 9.59 Å². The molecule has 1 heterocycles. The van der Waals surface area contributed by atoms with Gasteiger partial charge in [0.25, 0.3) is 5.91 Å². The number of methoxy groups -OCH3 is 1. The van der Waals surface area contributed by atoms with Gasteiger partial charge in [-0.2, -0.15) is 0 Å². The first kappa shape index (κ1) is 14.3. The molecule has 0 spiro atoms. The number of anilines is 1. The van der Waals surface area contributed by atoms with Crippen LogP contribution < -0.4 is 10.1 Å². The van der Waals surface area contributed by atoms with Gasteiger partial charge in [-0.1, -0.05) is 0 Å². The Hall–Kier alpha value is -2.11. The van der Waals surface area contributed by atoms with E-state index < -0.39 is 11.9 Å². The van der Waals surface area contributed by atoms with Crippen molar-refractivity contribution in [3.8, 4) is 5.75 Å². The van der Waals surface area contributed by atoms with Gasteiger partial charge in [0, 0.05) is 17.8 Å². The van der Waals surface area contributed by atoms with Crippen molar-refractivity contribution in [2.75, 3.05) is 12.4 Å². The second-order valence-electron chi connectivity index (χ2n) is 4.95. The predicted molar refractivity (Wildman–Crippen MR) is 72.0 cm³/mol. The van der Waals surface area contributed by atoms with E-state index in [1.54, 1.807) is 13.8 Å². The molecule has 108 valence electrons. The van der Waals surface area contributed by atoms with E-state index in [1.165, 1.54) is 30.2 Å². The lowest BCUT2D eigenvalue weighted by Gasteiger charge is -2.19. The van der Waals surface area contributed by atoms with Gasteiger partial charge in [-0.3, -0.25) is 14.5 Å². The Balaban J connectivity index is 2.15. The summed E-state index contributed by atoms with van der Waals surface area (Å²) in [5, 5.41) is 2.95. The van der Waals surface area contributed by atoms with Crippen LogP contribution in [0.2, 0.25) is 0 Å². The molecule has 1 fully saturated rings. The van der Waals surface area contributed by atoms with Gasteiger partial charge in [0.1, 0.15) is 6.04 Å². The number of imide groups is 1. The van der Waals surface area contributed by atoms with E-state index in [4.69, 9.17) is 4.74 Å². The van der Waals surface area contributed by atoms with Crippen molar-refractivity contribution in [2.24, 2.45) is 0 Å². The van der Waals surface area contributed by atoms with E-state index in [-0.39, 0.29) is 30.0 Å². The summed E-state index contributed by atoms with van der Waals surface area (Å²) in [7, 11) is 1.37. The second kappa shape index (κ2) is 5.48. The first-order chi connectivity index (χ1) is 9.43. The van der Waals surface area contributed by atoms with E-state index in [0.717, 1.165) is 0 Å². The van der Waals surface area contributed by atoms with Crippen molar-refractivity contribution in [1.29, 1.82) is 0 Å². The van der Waals surface area contributed by atoms with E-state index >= 15 is 0 Å². The lowest BCUT2D eigenvalue weighted by molar-refractivity contribution is -0.140. The van der Waals surface area contributed by atoms with Crippen LogP contribution in [0.5, 0.6) is 5.75 Å². The minimum Gasteiger partial charge on any atom is -0.494 e. The normalized spacial score (nSPS) is 18.9. The van der Waals surface area contributed by atoms with Crippen molar-refractivity contribution in [1.82, 2.24) is 4.90 Å². The quantitative estimate of drug-likeness (QED) is 0.854. The molecule has 1 saturated heterocycles. The lowest BCUT2D eigenvalue weighted by Crippen LogP contribution is -2.39. The largest absolute Gasteiger partial charge is 0.494 e. The molecule has 0 radical (unpaired) electrons. The zero-order valence-corrected chi connectivity index (χ0v) is 11.6. The first-order valence-electron chi connectivity index (χ1n) is 6.40. The van der Waals surface area contributed by atoms with Gasteiger partial charge in [-0.25, -0.2) is 4.39 Å². The number of likely N-dealkylation sites (tertiary alicyclic amines) is 1. The highest BCUT2D eigenvalue weighted by Gasteiger charge is 2.39. The number of rotatable bonds is 4. The number of nitrogens with one attached hydrogen (secondary N) is 1. The van der Waals surface area contributed by atoms with Crippen LogP contribution in [0.15, 0.2) is 18.2 Å². The number of amides is 2. The second-order valence-corrected chi connectivity index (χ2v) is 4.95. The highest BCUT2D eigenvalue weighted by molar-refractivity contribution is 6.07. The SMILES string of the molecule is COc1cc(NC2CC(=O)N(C(C)C)C2=O)ccc1F. The zero-order valence-electron chi connectivity index (χ0n) is 11.6. The fraction of sp³-hybridized carbons (Fsp3) is 0.429. The third-order valence-electron chi connectivity index (χ3n) is 3.19. The van der Waals surface area contributed by atoms with Crippen molar-refractivity contribution >= 4 is 17.5 Å². The highest BCUT2D eigenvalue weighted by atomic mass is 19.1. The molecular formula is C14H17FN2O3. The number of carbonyl (C=O) groups excluding carboxylic acids is 2. The first-order valence-corrected chi connectivity index (χ1v) is 6.40. The Morgan fingerprint density at radius 1 is 1.40 bits per heavy atom. The zero-order chi connectivity index (χ0) is 14.9. The molecule has 20 heavy (non-hydrogen) atoms. The standard InChI is InChI=1S/C14H17FN2O3/c1-8(2)17-13(18)7-11(14(17)19)16-9-4-5-10(15)12(6-9)20-3/h4-6,8,11,16H,7H2,1-3H3. The fourth-order valence-corrected chi connectivity index (χ4v) is 2.26. The van der Waals surface area contributed by atoms with Crippen LogP contribution in [0.3, 0.4) is 0 Å². The van der Waals surface area contributed by atoms with E-state index in [1.807, 2.05) is 0 Å². The molecular weight excluding hydrogens is 263 g/mol. The molecule has 1 aliphatic rings. The van der Waals surface area contributed by atoms with E-state index in [9.17, 15) is 14.0 Å². The molecule has 5 nitrogen and oxygen atoms in total. The maximum atomic E-state index is 13.3. The maximum Gasteiger partial charge on any atom is 0.252 e. The number of carbonyl (C=O) groups is 2. The monoisotopic (exact) mass is 280 g/mol. The molecule has 0 bridgehead atoms. The Labute approximate surface area is 116 Å². The minimum atomic E-state index is -0.611. The molecule has 0 saturated carbocycles. The number of hydrogen-bond acceptors (Lipinski definition) is 4. The van der Waals surface area contributed by atoms with Crippen molar-refractivity contribution < 1.29 is 18.7 Å². The molecule has 1 aliphatic heterocycles. The van der Waals surface area contributed by atoms with Crippen LogP contribution in [0.1, 0.15) is 20.3 Å². The van der Waals surface area contributed by atoms with Crippen LogP contribution in [-0.4, -0.2) is 35.9 Å². The summed E-state index contributed by atoms with van der Waals surface area (Å²) in [6, 6.07) is 3.45. The van der Waals surface area contributed by atoms with E-state index in [0.29, 0.717) is 5.69 Å². The molecule has 1 atom stereocenters. The molecule has 2 rings (SSSR count). The summed E-state index contributed by atoms with van der Waals surface area (Å²) in [6.45, 7) is 3.58. The summed E-state index contributed by atoms with van der Waals surface area (Å²) >= 11 is 0. The van der Waals surface area contributed by atoms with Gasteiger partial charge in [0.15, 0.2) is 11.6 Å². The number of halogens is 1. The molecule has 1 unspecified atom stereocenters. The van der Waals surface area contributed by atoms with Crippen molar-refractivity contribution in [2.45, 2.75) is 32.4 Å². The van der Waals surface area contributed by atoms with Gasteiger partial charge in [-0.15, -0.1) is 0 Å². The number of hydrogen-bond donors (Lipinski definition) is 1. The number of ether oxygens (including phenoxy) is 1. The third-order valence-corrected chi connectivity index (χ3v) is 3.19. The average Bonchev–Trinajstić information content (AvgIpc) is 2.66. The van der Waals surface area contributed by atoms with Crippen molar-refractivity contribution in [3.05, 3.63) is 24.0 Å². The summed E-state index contributed by atoms with van der Waals surface area (Å²) in [5.41, 5.74) is 0.542. The number of nitrogens with zero attached hydrogens (tertiary/aromatic N) is 1. The van der Waals surface area contributed by atoms with Crippen LogP contribution >= 0.6 is 0 Å². The van der Waals surface area contributed by atoms with Gasteiger partial charge < -0.3 is 10.1 Å². The van der Waals surface area contributed by atoms with Crippen LogP contribution in [0.25, 0.3) is 0 Å². The maximum absolute atomic E-state index is 13.3. The predicted octanol–water partition coefficient (Wildman–Crippen LogP) is 1.78. The molecule has 0 aromatic heterocycles. The van der Waals surface area contributed by atoms with Crippen molar-refractivity contribution in [3.63, 3.8) is 0 Å². The number of benzene rings is 1. The summed E-state index contributed by atoms with van der Waals surface area (Å²) < 4.78 is 18.2. The van der Waals surface area contributed by atoms with Gasteiger partial charge in [0.05, 0.1) is 13.5 Å². The van der Waals surface area contributed by atoms with Crippen LogP contribution in [0.4, 0.5) is 10.1 Å². The van der Waals surface area contributed by atoms with E-state index in [2.05, 4.69) is 5.32 Å². The molecule has 1 aromatic carbocycles. The average molecular weight is 280 g/mol. The fourth-order valence-electron chi connectivity index (χ4n) is 2.26. The molecule has 1 aromatic rings. The topological polar surface area (TPSA) is 58.6 Å². The Kier molecular flexibility index (Phi) is 3.92. The van der Waals surface area contributed by atoms with Gasteiger partial charge in [0.2, 0.25) is 5.91 Å². The van der Waals surface area contributed by atoms with Gasteiger partial charge in [-0.05, 0) is 26.0 Å². The summed E-state index contributed by atoms with van der Waals surface area (Å²) in [4.78, 5) is 25.2. The molecule has 1 N–H and O–H groups in total. The van der Waals surface area contributed by atoms with Crippen LogP contribution in [0, 0.1) is 5.82 Å². The minimum absolute atomic E-state index is 0.0903. The Morgan fingerprint density at radius 2 is 2.10 bits per heavy atom. The Morgan fingerprint density at radius 3 is 2.65 bits per heavy atom.